The molecule has 0 amide bonds. The number of allylic oxidation sites excluding steroid dienone is 4. The first kappa shape index (κ1) is 25.5. The van der Waals surface area contributed by atoms with Crippen LogP contribution in [0.1, 0.15) is 23.1 Å². The third-order valence-electron chi connectivity index (χ3n) is 5.63. The van der Waals surface area contributed by atoms with Gasteiger partial charge in [-0.2, -0.15) is 0 Å². The predicted octanol–water partition coefficient (Wildman–Crippen LogP) is 8.10. The Bertz CT molecular complexity index is 1140. The lowest BCUT2D eigenvalue weighted by atomic mass is 10.0. The summed E-state index contributed by atoms with van der Waals surface area (Å²) < 4.78 is 5.00. The maximum absolute atomic E-state index is 11.2. The van der Waals surface area contributed by atoms with Gasteiger partial charge < -0.3 is 9.64 Å². The Labute approximate surface area is 209 Å². The van der Waals surface area contributed by atoms with E-state index in [2.05, 4.69) is 105 Å². The molecule has 3 aromatic rings. The number of ether oxygens (including phenoxy) is 1. The molecule has 35 heavy (non-hydrogen) atoms. The van der Waals surface area contributed by atoms with Gasteiger partial charge in [0.25, 0.3) is 0 Å². The lowest BCUT2D eigenvalue weighted by Gasteiger charge is -2.26. The molecule has 3 nitrogen and oxygen atoms in total. The van der Waals surface area contributed by atoms with Gasteiger partial charge in [-0.05, 0) is 80.3 Å². The summed E-state index contributed by atoms with van der Waals surface area (Å²) in [6.45, 7) is 11.6. The van der Waals surface area contributed by atoms with E-state index in [1.807, 2.05) is 18.2 Å². The summed E-state index contributed by atoms with van der Waals surface area (Å²) in [6, 6.07) is 25.9. The summed E-state index contributed by atoms with van der Waals surface area (Å²) in [4.78, 5) is 13.4. The standard InChI is InChI=1S/C32H33NO2/c1-5-8-27(9-7-24-35-32(34)6-2)14-15-28-16-22-31(23-17-28)33(29-18-10-25(3)11-19-29)30-20-12-26(4)13-21-30/h5-13,16-23H,1-2,14-15,24H2,3-4H3/b9-7-,27-8+. The molecule has 0 aliphatic rings. The molecule has 3 aromatic carbocycles. The predicted molar refractivity (Wildman–Crippen MR) is 147 cm³/mol. The van der Waals surface area contributed by atoms with Crippen LogP contribution in [0.15, 0.2) is 122 Å². The maximum Gasteiger partial charge on any atom is 0.330 e. The molecular weight excluding hydrogens is 430 g/mol. The normalized spacial score (nSPS) is 11.3. The Morgan fingerprint density at radius 3 is 1.83 bits per heavy atom. The Morgan fingerprint density at radius 2 is 1.34 bits per heavy atom. The van der Waals surface area contributed by atoms with E-state index in [0.717, 1.165) is 41.6 Å². The molecular formula is C32H33NO2. The second-order valence-electron chi connectivity index (χ2n) is 8.39. The van der Waals surface area contributed by atoms with E-state index >= 15 is 0 Å². The Balaban J connectivity index is 1.74. The summed E-state index contributed by atoms with van der Waals surface area (Å²) in [5.74, 6) is -0.422. The Morgan fingerprint density at radius 1 is 0.829 bits per heavy atom. The fourth-order valence-corrected chi connectivity index (χ4v) is 3.70. The maximum atomic E-state index is 11.2. The van der Waals surface area contributed by atoms with E-state index in [0.29, 0.717) is 0 Å². The molecule has 0 aliphatic heterocycles. The molecule has 0 aliphatic carbocycles. The van der Waals surface area contributed by atoms with Gasteiger partial charge in [0.15, 0.2) is 0 Å². The average Bonchev–Trinajstić information content (AvgIpc) is 2.88. The zero-order valence-corrected chi connectivity index (χ0v) is 20.6. The van der Waals surface area contributed by atoms with Crippen LogP contribution < -0.4 is 4.90 Å². The van der Waals surface area contributed by atoms with Crippen molar-refractivity contribution in [1.82, 2.24) is 0 Å². The van der Waals surface area contributed by atoms with E-state index in [1.165, 1.54) is 16.7 Å². The number of hydrogen-bond donors (Lipinski definition) is 0. The van der Waals surface area contributed by atoms with Crippen molar-refractivity contribution in [3.05, 3.63) is 139 Å². The molecule has 0 bridgehead atoms. The van der Waals surface area contributed by atoms with Gasteiger partial charge in [-0.3, -0.25) is 0 Å². The van der Waals surface area contributed by atoms with Crippen molar-refractivity contribution in [3.63, 3.8) is 0 Å². The van der Waals surface area contributed by atoms with Gasteiger partial charge in [0.2, 0.25) is 0 Å². The molecule has 0 radical (unpaired) electrons. The molecule has 0 fully saturated rings. The van der Waals surface area contributed by atoms with Crippen LogP contribution in [0.2, 0.25) is 0 Å². The van der Waals surface area contributed by atoms with Crippen LogP contribution in [-0.2, 0) is 16.0 Å². The molecule has 0 aromatic heterocycles. The highest BCUT2D eigenvalue weighted by atomic mass is 16.5. The van der Waals surface area contributed by atoms with Crippen molar-refractivity contribution >= 4 is 23.0 Å². The first-order valence-corrected chi connectivity index (χ1v) is 11.8. The zero-order chi connectivity index (χ0) is 25.0. The summed E-state index contributed by atoms with van der Waals surface area (Å²) in [7, 11) is 0. The molecule has 0 atom stereocenters. The average molecular weight is 464 g/mol. The van der Waals surface area contributed by atoms with E-state index < -0.39 is 5.97 Å². The van der Waals surface area contributed by atoms with E-state index in [1.54, 1.807) is 6.08 Å². The van der Waals surface area contributed by atoms with Gasteiger partial charge in [-0.25, -0.2) is 4.79 Å². The molecule has 0 spiro atoms. The minimum Gasteiger partial charge on any atom is -0.458 e. The van der Waals surface area contributed by atoms with Crippen molar-refractivity contribution in [2.75, 3.05) is 11.5 Å². The van der Waals surface area contributed by atoms with Gasteiger partial charge in [0.05, 0.1) is 0 Å². The van der Waals surface area contributed by atoms with Crippen LogP contribution in [0.5, 0.6) is 0 Å². The van der Waals surface area contributed by atoms with Crippen LogP contribution >= 0.6 is 0 Å². The van der Waals surface area contributed by atoms with Gasteiger partial charge in [0.1, 0.15) is 6.61 Å². The number of aryl methyl sites for hydroxylation is 3. The fourth-order valence-electron chi connectivity index (χ4n) is 3.70. The number of carbonyl (C=O) groups excluding carboxylic acids is 1. The topological polar surface area (TPSA) is 29.5 Å². The number of esters is 1. The Hall–Kier alpha value is -4.11. The Kier molecular flexibility index (Phi) is 9.44. The lowest BCUT2D eigenvalue weighted by molar-refractivity contribution is -0.136. The number of carbonyl (C=O) groups is 1. The summed E-state index contributed by atoms with van der Waals surface area (Å²) in [5, 5.41) is 0. The molecule has 0 heterocycles. The number of hydrogen-bond acceptors (Lipinski definition) is 3. The number of anilines is 3. The quantitative estimate of drug-likeness (QED) is 0.163. The number of rotatable bonds is 11. The lowest BCUT2D eigenvalue weighted by Crippen LogP contribution is -2.10. The van der Waals surface area contributed by atoms with Crippen LogP contribution in [0.4, 0.5) is 17.1 Å². The van der Waals surface area contributed by atoms with Gasteiger partial charge in [0, 0.05) is 23.1 Å². The van der Waals surface area contributed by atoms with Crippen LogP contribution in [-0.4, -0.2) is 12.6 Å². The molecule has 0 unspecified atom stereocenters. The second kappa shape index (κ2) is 13.0. The van der Waals surface area contributed by atoms with E-state index in [9.17, 15) is 4.79 Å². The minimum absolute atomic E-state index is 0.224. The highest BCUT2D eigenvalue weighted by Crippen LogP contribution is 2.34. The molecule has 3 heteroatoms. The molecule has 0 N–H and O–H groups in total. The first-order valence-electron chi connectivity index (χ1n) is 11.8. The third-order valence-corrected chi connectivity index (χ3v) is 5.63. The van der Waals surface area contributed by atoms with Crippen molar-refractivity contribution in [2.45, 2.75) is 26.7 Å². The van der Waals surface area contributed by atoms with Gasteiger partial charge in [-0.1, -0.05) is 78.9 Å². The SMILES string of the molecule is C=C/C=C(\C=C/COC(=O)C=C)CCc1ccc(N(c2ccc(C)cc2)c2ccc(C)cc2)cc1. The van der Waals surface area contributed by atoms with Crippen LogP contribution in [0, 0.1) is 13.8 Å². The summed E-state index contributed by atoms with van der Waals surface area (Å²) in [6.07, 6.45) is 10.5. The molecule has 3 rings (SSSR count). The second-order valence-corrected chi connectivity index (χ2v) is 8.39. The molecule has 0 saturated heterocycles. The fraction of sp³-hybridized carbons (Fsp3) is 0.156. The number of benzene rings is 3. The van der Waals surface area contributed by atoms with Crippen molar-refractivity contribution in [2.24, 2.45) is 0 Å². The summed E-state index contributed by atoms with van der Waals surface area (Å²) >= 11 is 0. The van der Waals surface area contributed by atoms with Crippen molar-refractivity contribution < 1.29 is 9.53 Å². The van der Waals surface area contributed by atoms with Gasteiger partial charge >= 0.3 is 5.97 Å². The zero-order valence-electron chi connectivity index (χ0n) is 20.6. The summed E-state index contributed by atoms with van der Waals surface area (Å²) in [5.41, 5.74) is 8.24. The minimum atomic E-state index is -0.422. The first-order chi connectivity index (χ1) is 17.0. The van der Waals surface area contributed by atoms with E-state index in [-0.39, 0.29) is 6.61 Å². The van der Waals surface area contributed by atoms with Crippen LogP contribution in [0.3, 0.4) is 0 Å². The highest BCUT2D eigenvalue weighted by Gasteiger charge is 2.12. The van der Waals surface area contributed by atoms with Gasteiger partial charge in [-0.15, -0.1) is 0 Å². The van der Waals surface area contributed by atoms with E-state index in [4.69, 9.17) is 4.74 Å². The molecule has 178 valence electrons. The third kappa shape index (κ3) is 7.72. The van der Waals surface area contributed by atoms with Crippen molar-refractivity contribution in [1.29, 1.82) is 0 Å². The monoisotopic (exact) mass is 463 g/mol. The number of nitrogens with zero attached hydrogens (tertiary/aromatic N) is 1. The smallest absolute Gasteiger partial charge is 0.330 e. The highest BCUT2D eigenvalue weighted by molar-refractivity contribution is 5.81. The van der Waals surface area contributed by atoms with Crippen LogP contribution in [0.25, 0.3) is 0 Å². The largest absolute Gasteiger partial charge is 0.458 e. The van der Waals surface area contributed by atoms with Crippen molar-refractivity contribution in [3.8, 4) is 0 Å². The molecule has 0 saturated carbocycles.